The fourth-order valence-electron chi connectivity index (χ4n) is 3.40. The van der Waals surface area contributed by atoms with Crippen molar-refractivity contribution < 1.29 is 13.2 Å². The van der Waals surface area contributed by atoms with Crippen LogP contribution in [0.5, 0.6) is 0 Å². The van der Waals surface area contributed by atoms with Crippen LogP contribution in [-0.4, -0.2) is 41.0 Å². The van der Waals surface area contributed by atoms with Gasteiger partial charge in [-0.3, -0.25) is 4.90 Å². The van der Waals surface area contributed by atoms with Gasteiger partial charge in [-0.05, 0) is 35.6 Å². The van der Waals surface area contributed by atoms with Crippen LogP contribution < -0.4 is 4.90 Å². The molecule has 0 bridgehead atoms. The number of anilines is 1. The van der Waals surface area contributed by atoms with Crippen LogP contribution in [-0.2, 0) is 12.7 Å². The van der Waals surface area contributed by atoms with Gasteiger partial charge in [0.1, 0.15) is 12.1 Å². The van der Waals surface area contributed by atoms with E-state index in [2.05, 4.69) is 19.8 Å². The lowest BCUT2D eigenvalue weighted by Gasteiger charge is -2.23. The number of halogens is 3. The van der Waals surface area contributed by atoms with Gasteiger partial charge in [-0.2, -0.15) is 13.2 Å². The third-order valence-electron chi connectivity index (χ3n) is 4.80. The highest BCUT2D eigenvalue weighted by atomic mass is 32.1. The summed E-state index contributed by atoms with van der Waals surface area (Å²) >= 11 is 1.65. The molecule has 0 unspecified atom stereocenters. The Balaban J connectivity index is 1.42. The largest absolute Gasteiger partial charge is 0.416 e. The number of fused-ring (bicyclic) bond motifs is 1. The Morgan fingerprint density at radius 3 is 2.56 bits per heavy atom. The highest BCUT2D eigenvalue weighted by molar-refractivity contribution is 7.17. The Morgan fingerprint density at radius 1 is 0.963 bits per heavy atom. The minimum Gasteiger partial charge on any atom is -0.354 e. The molecule has 1 saturated heterocycles. The third-order valence-corrected chi connectivity index (χ3v) is 5.70. The number of alkyl halides is 3. The molecule has 8 heteroatoms. The average Bonchev–Trinajstić information content (AvgIpc) is 3.01. The van der Waals surface area contributed by atoms with Crippen molar-refractivity contribution in [3.63, 3.8) is 0 Å². The topological polar surface area (TPSA) is 32.3 Å². The van der Waals surface area contributed by atoms with Gasteiger partial charge in [0.25, 0.3) is 0 Å². The molecule has 0 radical (unpaired) electrons. The van der Waals surface area contributed by atoms with Gasteiger partial charge >= 0.3 is 6.18 Å². The number of hydrogen-bond donors (Lipinski definition) is 0. The van der Waals surface area contributed by atoms with E-state index in [-0.39, 0.29) is 0 Å². The molecule has 2 aromatic heterocycles. The van der Waals surface area contributed by atoms with Crippen LogP contribution in [0.2, 0.25) is 0 Å². The van der Waals surface area contributed by atoms with E-state index in [1.807, 2.05) is 11.4 Å². The molecule has 142 valence electrons. The van der Waals surface area contributed by atoms with Crippen molar-refractivity contribution in [3.8, 4) is 0 Å². The van der Waals surface area contributed by atoms with E-state index < -0.39 is 11.7 Å². The summed E-state index contributed by atoms with van der Waals surface area (Å²) in [6, 6.07) is 7.47. The highest BCUT2D eigenvalue weighted by Crippen LogP contribution is 2.30. The number of nitrogens with zero attached hydrogens (tertiary/aromatic N) is 4. The first-order valence-corrected chi connectivity index (χ1v) is 9.70. The molecule has 4 rings (SSSR count). The minimum absolute atomic E-state index is 0.600. The summed E-state index contributed by atoms with van der Waals surface area (Å²) in [5, 5.41) is 2.03. The molecule has 27 heavy (non-hydrogen) atoms. The molecule has 0 saturated carbocycles. The van der Waals surface area contributed by atoms with Gasteiger partial charge in [-0.1, -0.05) is 12.1 Å². The molecule has 0 aliphatic carbocycles. The summed E-state index contributed by atoms with van der Waals surface area (Å²) in [5.74, 6) is 0.978. The van der Waals surface area contributed by atoms with Crippen molar-refractivity contribution in [2.75, 3.05) is 31.1 Å². The van der Waals surface area contributed by atoms with E-state index in [0.29, 0.717) is 6.54 Å². The number of hydrogen-bond acceptors (Lipinski definition) is 5. The molecule has 3 heterocycles. The molecule has 3 aromatic rings. The summed E-state index contributed by atoms with van der Waals surface area (Å²) < 4.78 is 39.2. The van der Waals surface area contributed by atoms with E-state index in [0.717, 1.165) is 66.3 Å². The van der Waals surface area contributed by atoms with Gasteiger partial charge in [-0.15, -0.1) is 11.3 Å². The van der Waals surface area contributed by atoms with Crippen LogP contribution in [0.25, 0.3) is 10.2 Å². The number of benzene rings is 1. The summed E-state index contributed by atoms with van der Waals surface area (Å²) in [4.78, 5) is 13.4. The molecule has 0 atom stereocenters. The van der Waals surface area contributed by atoms with Crippen molar-refractivity contribution in [1.82, 2.24) is 14.9 Å². The lowest BCUT2D eigenvalue weighted by atomic mass is 10.1. The fourth-order valence-corrected chi connectivity index (χ4v) is 4.26. The molecule has 4 nitrogen and oxygen atoms in total. The number of rotatable bonds is 3. The van der Waals surface area contributed by atoms with E-state index in [1.165, 1.54) is 0 Å². The first kappa shape index (κ1) is 18.2. The zero-order chi connectivity index (χ0) is 18.9. The second kappa shape index (κ2) is 7.44. The van der Waals surface area contributed by atoms with Crippen molar-refractivity contribution >= 4 is 27.4 Å². The number of thiophene rings is 1. The maximum atomic E-state index is 12.7. The predicted molar refractivity (Wildman–Crippen MR) is 101 cm³/mol. The maximum Gasteiger partial charge on any atom is 0.416 e. The maximum absolute atomic E-state index is 12.7. The second-order valence-corrected chi connectivity index (χ2v) is 7.56. The van der Waals surface area contributed by atoms with Crippen molar-refractivity contribution in [2.45, 2.75) is 19.1 Å². The quantitative estimate of drug-likeness (QED) is 0.660. The molecular formula is C19H19F3N4S. The Morgan fingerprint density at radius 2 is 1.78 bits per heavy atom. The fraction of sp³-hybridized carbons (Fsp3) is 0.368. The van der Waals surface area contributed by atoms with Gasteiger partial charge in [0.15, 0.2) is 0 Å². The monoisotopic (exact) mass is 392 g/mol. The summed E-state index contributed by atoms with van der Waals surface area (Å²) in [6.45, 7) is 4.16. The first-order valence-electron chi connectivity index (χ1n) is 8.82. The Bertz CT molecular complexity index is 907. The molecule has 1 aliphatic heterocycles. The van der Waals surface area contributed by atoms with Crippen LogP contribution in [0.15, 0.2) is 42.0 Å². The lowest BCUT2D eigenvalue weighted by Crippen LogP contribution is -2.31. The lowest BCUT2D eigenvalue weighted by molar-refractivity contribution is -0.137. The zero-order valence-corrected chi connectivity index (χ0v) is 15.4. The predicted octanol–water partition coefficient (Wildman–Crippen LogP) is 4.42. The van der Waals surface area contributed by atoms with Crippen LogP contribution in [0, 0.1) is 0 Å². The van der Waals surface area contributed by atoms with E-state index >= 15 is 0 Å². The molecule has 1 aliphatic rings. The third kappa shape index (κ3) is 4.06. The highest BCUT2D eigenvalue weighted by Gasteiger charge is 2.30. The smallest absolute Gasteiger partial charge is 0.354 e. The van der Waals surface area contributed by atoms with Gasteiger partial charge in [0.05, 0.1) is 15.8 Å². The van der Waals surface area contributed by atoms with Gasteiger partial charge in [-0.25, -0.2) is 9.97 Å². The normalized spacial score (nSPS) is 16.6. The van der Waals surface area contributed by atoms with Crippen LogP contribution in [0.4, 0.5) is 19.0 Å². The van der Waals surface area contributed by atoms with E-state index in [1.54, 1.807) is 29.8 Å². The minimum atomic E-state index is -4.29. The molecule has 1 fully saturated rings. The van der Waals surface area contributed by atoms with Crippen LogP contribution in [0.1, 0.15) is 17.5 Å². The van der Waals surface area contributed by atoms with Crippen LogP contribution in [0.3, 0.4) is 0 Å². The Kier molecular flexibility index (Phi) is 5.01. The molecule has 0 amide bonds. The van der Waals surface area contributed by atoms with Crippen molar-refractivity contribution in [1.29, 1.82) is 0 Å². The number of aromatic nitrogens is 2. The second-order valence-electron chi connectivity index (χ2n) is 6.64. The standard InChI is InChI=1S/C19H19F3N4S/c20-19(21,22)15-4-2-14(3-5-15)12-25-7-1-8-26(10-9-25)18-17-16(6-11-27-17)23-13-24-18/h2-6,11,13H,1,7-10,12H2. The summed E-state index contributed by atoms with van der Waals surface area (Å²) in [6.07, 6.45) is -1.70. The summed E-state index contributed by atoms with van der Waals surface area (Å²) in [7, 11) is 0. The molecule has 1 aromatic carbocycles. The summed E-state index contributed by atoms with van der Waals surface area (Å²) in [5.41, 5.74) is 1.27. The van der Waals surface area contributed by atoms with Crippen LogP contribution >= 0.6 is 11.3 Å². The van der Waals surface area contributed by atoms with Gasteiger partial charge in [0.2, 0.25) is 0 Å². The average molecular weight is 392 g/mol. The van der Waals surface area contributed by atoms with Gasteiger partial charge in [0, 0.05) is 32.7 Å². The van der Waals surface area contributed by atoms with Crippen molar-refractivity contribution in [3.05, 3.63) is 53.2 Å². The molecular weight excluding hydrogens is 373 g/mol. The molecule has 0 spiro atoms. The SMILES string of the molecule is FC(F)(F)c1ccc(CN2CCCN(c3ncnc4ccsc34)CC2)cc1. The van der Waals surface area contributed by atoms with Gasteiger partial charge < -0.3 is 4.90 Å². The van der Waals surface area contributed by atoms with E-state index in [4.69, 9.17) is 0 Å². The van der Waals surface area contributed by atoms with Crippen molar-refractivity contribution in [2.24, 2.45) is 0 Å². The zero-order valence-electron chi connectivity index (χ0n) is 14.6. The van der Waals surface area contributed by atoms with E-state index in [9.17, 15) is 13.2 Å². The Labute approximate surface area is 159 Å². The first-order chi connectivity index (χ1) is 13.0. The Hall–Kier alpha value is -2.19. The molecule has 0 N–H and O–H groups in total.